The molecule has 0 N–H and O–H groups in total. The Morgan fingerprint density at radius 3 is 2.91 bits per heavy atom. The van der Waals surface area contributed by atoms with Crippen LogP contribution in [0.25, 0.3) is 5.65 Å². The maximum atomic E-state index is 5.31. The summed E-state index contributed by atoms with van der Waals surface area (Å²) in [5.74, 6) is 1.93. The average Bonchev–Trinajstić information content (AvgIpc) is 3.17. The van der Waals surface area contributed by atoms with Gasteiger partial charge in [0.15, 0.2) is 5.82 Å². The molecule has 6 heteroatoms. The normalized spacial score (nSPS) is 17.3. The number of imidazole rings is 1. The van der Waals surface area contributed by atoms with Crippen molar-refractivity contribution in [2.75, 3.05) is 13.1 Å². The van der Waals surface area contributed by atoms with E-state index in [0.717, 1.165) is 49.8 Å². The van der Waals surface area contributed by atoms with Crippen LogP contribution >= 0.6 is 0 Å². The predicted octanol–water partition coefficient (Wildman–Crippen LogP) is 2.41. The van der Waals surface area contributed by atoms with Gasteiger partial charge in [-0.15, -0.1) is 0 Å². The Hall–Kier alpha value is -2.21. The topological polar surface area (TPSA) is 59.5 Å². The molecule has 22 heavy (non-hydrogen) atoms. The van der Waals surface area contributed by atoms with E-state index in [1.54, 1.807) is 0 Å². The van der Waals surface area contributed by atoms with Crippen LogP contribution in [0.4, 0.5) is 0 Å². The average molecular weight is 297 g/mol. The third-order valence-electron chi connectivity index (χ3n) is 4.37. The van der Waals surface area contributed by atoms with Crippen LogP contribution in [0.5, 0.6) is 0 Å². The molecule has 0 bridgehead atoms. The van der Waals surface area contributed by atoms with Crippen LogP contribution < -0.4 is 0 Å². The summed E-state index contributed by atoms with van der Waals surface area (Å²) in [5, 5.41) is 3.90. The smallest absolute Gasteiger partial charge is 0.229 e. The summed E-state index contributed by atoms with van der Waals surface area (Å²) in [6.07, 6.45) is 8.01. The lowest BCUT2D eigenvalue weighted by atomic mass is 9.96. The van der Waals surface area contributed by atoms with Crippen molar-refractivity contribution in [2.24, 2.45) is 0 Å². The lowest BCUT2D eigenvalue weighted by Crippen LogP contribution is -2.32. The van der Waals surface area contributed by atoms with Crippen LogP contribution in [0.3, 0.4) is 0 Å². The van der Waals surface area contributed by atoms with Crippen LogP contribution in [0, 0.1) is 6.92 Å². The van der Waals surface area contributed by atoms with Crippen LogP contribution in [0.2, 0.25) is 0 Å². The number of aromatic nitrogens is 4. The zero-order valence-corrected chi connectivity index (χ0v) is 12.6. The van der Waals surface area contributed by atoms with Gasteiger partial charge in [-0.3, -0.25) is 4.90 Å². The Balaban J connectivity index is 1.43. The number of pyridine rings is 1. The SMILES string of the molecule is Cc1noc(C2CCN(Cc3cccn4ccnc34)CC2)n1. The van der Waals surface area contributed by atoms with Gasteiger partial charge in [0, 0.05) is 36.6 Å². The molecule has 0 unspecified atom stereocenters. The Morgan fingerprint density at radius 1 is 1.27 bits per heavy atom. The summed E-state index contributed by atoms with van der Waals surface area (Å²) in [6, 6.07) is 4.24. The zero-order chi connectivity index (χ0) is 14.9. The lowest BCUT2D eigenvalue weighted by molar-refractivity contribution is 0.188. The second-order valence-electron chi connectivity index (χ2n) is 5.92. The van der Waals surface area contributed by atoms with Gasteiger partial charge in [-0.2, -0.15) is 4.98 Å². The summed E-state index contributed by atoms with van der Waals surface area (Å²) in [7, 11) is 0. The van der Waals surface area contributed by atoms with Gasteiger partial charge in [0.05, 0.1) is 0 Å². The molecule has 114 valence electrons. The molecule has 0 radical (unpaired) electrons. The fourth-order valence-electron chi connectivity index (χ4n) is 3.19. The summed E-state index contributed by atoms with van der Waals surface area (Å²) in [5.41, 5.74) is 2.33. The molecule has 0 aromatic carbocycles. The third kappa shape index (κ3) is 2.50. The molecule has 4 heterocycles. The first-order valence-corrected chi connectivity index (χ1v) is 7.73. The second kappa shape index (κ2) is 5.53. The van der Waals surface area contributed by atoms with E-state index < -0.39 is 0 Å². The minimum atomic E-state index is 0.402. The van der Waals surface area contributed by atoms with Gasteiger partial charge in [0.25, 0.3) is 0 Å². The quantitative estimate of drug-likeness (QED) is 0.743. The van der Waals surface area contributed by atoms with Gasteiger partial charge in [0.2, 0.25) is 5.89 Å². The lowest BCUT2D eigenvalue weighted by Gasteiger charge is -2.30. The van der Waals surface area contributed by atoms with Crippen molar-refractivity contribution < 1.29 is 4.52 Å². The molecule has 0 amide bonds. The van der Waals surface area contributed by atoms with E-state index in [1.165, 1.54) is 5.56 Å². The molecule has 0 spiro atoms. The Labute approximate surface area is 128 Å². The second-order valence-corrected chi connectivity index (χ2v) is 5.92. The van der Waals surface area contributed by atoms with E-state index in [4.69, 9.17) is 4.52 Å². The molecule has 1 aliphatic heterocycles. The number of hydrogen-bond donors (Lipinski definition) is 0. The van der Waals surface area contributed by atoms with E-state index in [0.29, 0.717) is 5.92 Å². The number of likely N-dealkylation sites (tertiary alicyclic amines) is 1. The fraction of sp³-hybridized carbons (Fsp3) is 0.438. The highest BCUT2D eigenvalue weighted by Gasteiger charge is 2.25. The first-order chi connectivity index (χ1) is 10.8. The highest BCUT2D eigenvalue weighted by atomic mass is 16.5. The molecule has 1 aliphatic rings. The first kappa shape index (κ1) is 13.5. The van der Waals surface area contributed by atoms with Crippen LogP contribution in [-0.2, 0) is 6.54 Å². The van der Waals surface area contributed by atoms with Crippen LogP contribution in [0.1, 0.15) is 36.0 Å². The summed E-state index contributed by atoms with van der Waals surface area (Å²) >= 11 is 0. The van der Waals surface area contributed by atoms with Gasteiger partial charge < -0.3 is 8.92 Å². The van der Waals surface area contributed by atoms with Gasteiger partial charge in [-0.25, -0.2) is 4.98 Å². The van der Waals surface area contributed by atoms with Crippen molar-refractivity contribution in [3.8, 4) is 0 Å². The van der Waals surface area contributed by atoms with Gasteiger partial charge in [-0.05, 0) is 38.9 Å². The van der Waals surface area contributed by atoms with E-state index in [9.17, 15) is 0 Å². The molecular weight excluding hydrogens is 278 g/mol. The molecule has 1 saturated heterocycles. The van der Waals surface area contributed by atoms with Crippen molar-refractivity contribution in [3.05, 3.63) is 48.0 Å². The van der Waals surface area contributed by atoms with Crippen LogP contribution in [-0.4, -0.2) is 37.5 Å². The summed E-state index contributed by atoms with van der Waals surface area (Å²) in [6.45, 7) is 4.91. The third-order valence-corrected chi connectivity index (χ3v) is 4.37. The van der Waals surface area contributed by atoms with E-state index in [-0.39, 0.29) is 0 Å². The van der Waals surface area contributed by atoms with E-state index in [2.05, 4.69) is 36.6 Å². The van der Waals surface area contributed by atoms with Gasteiger partial charge in [-0.1, -0.05) is 11.2 Å². The molecule has 1 fully saturated rings. The highest BCUT2D eigenvalue weighted by molar-refractivity contribution is 5.47. The summed E-state index contributed by atoms with van der Waals surface area (Å²) < 4.78 is 7.38. The van der Waals surface area contributed by atoms with Crippen molar-refractivity contribution in [1.82, 2.24) is 24.4 Å². The maximum Gasteiger partial charge on any atom is 0.229 e. The monoisotopic (exact) mass is 297 g/mol. The standard InChI is InChI=1S/C16H19N5O/c1-12-18-16(22-19-12)13-4-8-20(9-5-13)11-14-3-2-7-21-10-6-17-15(14)21/h2-3,6-7,10,13H,4-5,8-9,11H2,1H3. The number of rotatable bonds is 3. The number of fused-ring (bicyclic) bond motifs is 1. The van der Waals surface area contributed by atoms with Crippen molar-refractivity contribution in [2.45, 2.75) is 32.2 Å². The van der Waals surface area contributed by atoms with Crippen molar-refractivity contribution >= 4 is 5.65 Å². The molecule has 0 aliphatic carbocycles. The molecular formula is C16H19N5O. The Bertz CT molecular complexity index is 770. The minimum absolute atomic E-state index is 0.402. The molecule has 3 aromatic rings. The molecule has 0 saturated carbocycles. The number of aryl methyl sites for hydroxylation is 1. The first-order valence-electron chi connectivity index (χ1n) is 7.73. The zero-order valence-electron chi connectivity index (χ0n) is 12.6. The number of piperidine rings is 1. The molecule has 0 atom stereocenters. The van der Waals surface area contributed by atoms with E-state index >= 15 is 0 Å². The largest absolute Gasteiger partial charge is 0.339 e. The highest BCUT2D eigenvalue weighted by Crippen LogP contribution is 2.27. The Kier molecular flexibility index (Phi) is 3.38. The number of hydrogen-bond acceptors (Lipinski definition) is 5. The Morgan fingerprint density at radius 2 is 2.14 bits per heavy atom. The fourth-order valence-corrected chi connectivity index (χ4v) is 3.19. The van der Waals surface area contributed by atoms with Crippen LogP contribution in [0.15, 0.2) is 35.2 Å². The summed E-state index contributed by atoms with van der Waals surface area (Å²) in [4.78, 5) is 11.3. The molecule has 3 aromatic heterocycles. The van der Waals surface area contributed by atoms with Crippen molar-refractivity contribution in [3.63, 3.8) is 0 Å². The van der Waals surface area contributed by atoms with Crippen molar-refractivity contribution in [1.29, 1.82) is 0 Å². The number of nitrogens with zero attached hydrogens (tertiary/aromatic N) is 5. The maximum absolute atomic E-state index is 5.31. The molecule has 4 rings (SSSR count). The molecule has 6 nitrogen and oxygen atoms in total. The van der Waals surface area contributed by atoms with E-state index in [1.807, 2.05) is 25.5 Å². The predicted molar refractivity (Wildman–Crippen MR) is 81.5 cm³/mol. The van der Waals surface area contributed by atoms with Gasteiger partial charge >= 0.3 is 0 Å². The van der Waals surface area contributed by atoms with Gasteiger partial charge in [0.1, 0.15) is 5.65 Å². The minimum Gasteiger partial charge on any atom is -0.339 e.